The van der Waals surface area contributed by atoms with Gasteiger partial charge < -0.3 is 24.2 Å². The van der Waals surface area contributed by atoms with Crippen molar-refractivity contribution in [1.29, 1.82) is 0 Å². The lowest BCUT2D eigenvalue weighted by atomic mass is 9.74. The fraction of sp³-hybridized carbons (Fsp3) is 0.679. The number of hydrogen-bond donors (Lipinski definition) is 0. The molecule has 8 nitrogen and oxygen atoms in total. The molecule has 1 aromatic carbocycles. The van der Waals surface area contributed by atoms with Gasteiger partial charge in [0.05, 0.1) is 18.7 Å². The number of carbonyl (C=O) groups is 3. The highest BCUT2D eigenvalue weighted by Gasteiger charge is 2.49. The number of nitrogens with zero attached hydrogens (tertiary/aromatic N) is 3. The summed E-state index contributed by atoms with van der Waals surface area (Å²) in [4.78, 5) is 43.8. The summed E-state index contributed by atoms with van der Waals surface area (Å²) in [6, 6.07) is 5.64. The molecular formula is C28H39N3O5. The number of carbonyl (C=O) groups excluding carboxylic acids is 3. The molecular weight excluding hydrogens is 458 g/mol. The van der Waals surface area contributed by atoms with E-state index in [-0.39, 0.29) is 29.8 Å². The molecule has 0 bridgehead atoms. The highest BCUT2D eigenvalue weighted by Crippen LogP contribution is 2.49. The van der Waals surface area contributed by atoms with Crippen LogP contribution in [0, 0.1) is 5.92 Å². The molecule has 2 saturated heterocycles. The number of likely N-dealkylation sites (N-methyl/N-ethyl adjacent to an activating group) is 1. The SMILES string of the molecule is CCC(=O)N1CC(Oc2ccc3c(c2)C(=O)OC32CCC(C(=O)N(C)CCN3CCCCC3)CC2)C1. The maximum Gasteiger partial charge on any atom is 0.339 e. The first-order chi connectivity index (χ1) is 17.4. The Kier molecular flexibility index (Phi) is 7.24. The van der Waals surface area contributed by atoms with Crippen molar-refractivity contribution in [2.75, 3.05) is 46.3 Å². The van der Waals surface area contributed by atoms with E-state index in [0.717, 1.165) is 44.6 Å². The third-order valence-electron chi connectivity index (χ3n) is 8.51. The number of rotatable bonds is 7. The first-order valence-electron chi connectivity index (χ1n) is 13.7. The van der Waals surface area contributed by atoms with Gasteiger partial charge in [0, 0.05) is 38.0 Å². The summed E-state index contributed by atoms with van der Waals surface area (Å²) in [5, 5.41) is 0. The molecule has 0 radical (unpaired) electrons. The molecule has 1 saturated carbocycles. The van der Waals surface area contributed by atoms with E-state index >= 15 is 0 Å². The van der Waals surface area contributed by atoms with E-state index in [0.29, 0.717) is 43.7 Å². The van der Waals surface area contributed by atoms with Gasteiger partial charge in [0.1, 0.15) is 17.5 Å². The summed E-state index contributed by atoms with van der Waals surface area (Å²) in [6.07, 6.45) is 7.07. The van der Waals surface area contributed by atoms with Crippen molar-refractivity contribution in [1.82, 2.24) is 14.7 Å². The second-order valence-corrected chi connectivity index (χ2v) is 10.9. The zero-order valence-corrected chi connectivity index (χ0v) is 21.7. The second-order valence-electron chi connectivity index (χ2n) is 10.9. The smallest absolute Gasteiger partial charge is 0.339 e. The summed E-state index contributed by atoms with van der Waals surface area (Å²) >= 11 is 0. The van der Waals surface area contributed by atoms with Crippen LogP contribution >= 0.6 is 0 Å². The molecule has 3 heterocycles. The van der Waals surface area contributed by atoms with Crippen molar-refractivity contribution in [2.45, 2.75) is 70.0 Å². The van der Waals surface area contributed by atoms with Crippen LogP contribution in [0.15, 0.2) is 18.2 Å². The minimum absolute atomic E-state index is 0.0141. The molecule has 3 aliphatic heterocycles. The highest BCUT2D eigenvalue weighted by atomic mass is 16.6. The average Bonchev–Trinajstić information content (AvgIpc) is 3.15. The maximum atomic E-state index is 13.1. The third-order valence-corrected chi connectivity index (χ3v) is 8.51. The average molecular weight is 498 g/mol. The maximum absolute atomic E-state index is 13.1. The Labute approximate surface area is 213 Å². The molecule has 0 atom stereocenters. The number of piperidine rings is 1. The summed E-state index contributed by atoms with van der Waals surface area (Å²) < 4.78 is 12.0. The molecule has 1 aliphatic carbocycles. The van der Waals surface area contributed by atoms with Gasteiger partial charge in [-0.25, -0.2) is 4.79 Å². The Balaban J connectivity index is 1.15. The Bertz CT molecular complexity index is 991. The van der Waals surface area contributed by atoms with Gasteiger partial charge in [-0.15, -0.1) is 0 Å². The number of fused-ring (bicyclic) bond motifs is 2. The number of hydrogen-bond acceptors (Lipinski definition) is 6. The molecule has 5 rings (SSSR count). The van der Waals surface area contributed by atoms with Crippen LogP contribution in [-0.2, 0) is 19.9 Å². The van der Waals surface area contributed by atoms with E-state index in [4.69, 9.17) is 9.47 Å². The Morgan fingerprint density at radius 3 is 2.56 bits per heavy atom. The Morgan fingerprint density at radius 2 is 1.86 bits per heavy atom. The van der Waals surface area contributed by atoms with Crippen LogP contribution in [0.25, 0.3) is 0 Å². The number of benzene rings is 1. The van der Waals surface area contributed by atoms with Crippen molar-refractivity contribution in [3.05, 3.63) is 29.3 Å². The summed E-state index contributed by atoms with van der Waals surface area (Å²) in [6.45, 7) is 7.03. The zero-order valence-electron chi connectivity index (χ0n) is 21.7. The minimum atomic E-state index is -0.630. The molecule has 4 aliphatic rings. The number of likely N-dealkylation sites (tertiary alicyclic amines) is 2. The first-order valence-corrected chi connectivity index (χ1v) is 13.7. The first kappa shape index (κ1) is 25.1. The second kappa shape index (κ2) is 10.4. The lowest BCUT2D eigenvalue weighted by molar-refractivity contribution is -0.139. The predicted octanol–water partition coefficient (Wildman–Crippen LogP) is 3.19. The standard InChI is InChI=1S/C28H39N3O5/c1-3-25(32)31-18-22(19-31)35-21-7-8-24-23(17-21)27(34)36-28(24)11-9-20(10-12-28)26(33)29(2)15-16-30-13-5-4-6-14-30/h7-8,17,20,22H,3-6,9-16,18-19H2,1-2H3. The fourth-order valence-corrected chi connectivity index (χ4v) is 6.18. The van der Waals surface area contributed by atoms with Crippen LogP contribution < -0.4 is 4.74 Å². The summed E-state index contributed by atoms with van der Waals surface area (Å²) in [5.41, 5.74) is 0.854. The molecule has 8 heteroatoms. The molecule has 196 valence electrons. The van der Waals surface area contributed by atoms with E-state index in [1.54, 1.807) is 11.0 Å². The number of ether oxygens (including phenoxy) is 2. The van der Waals surface area contributed by atoms with Crippen LogP contribution in [0.3, 0.4) is 0 Å². The largest absolute Gasteiger partial charge is 0.487 e. The van der Waals surface area contributed by atoms with Crippen molar-refractivity contribution >= 4 is 17.8 Å². The molecule has 1 spiro atoms. The van der Waals surface area contributed by atoms with Gasteiger partial charge in [-0.05, 0) is 63.7 Å². The fourth-order valence-electron chi connectivity index (χ4n) is 6.18. The van der Waals surface area contributed by atoms with Crippen LogP contribution in [0.2, 0.25) is 0 Å². The normalized spacial score (nSPS) is 26.3. The topological polar surface area (TPSA) is 79.4 Å². The molecule has 2 amide bonds. The van der Waals surface area contributed by atoms with Gasteiger partial charge in [0.25, 0.3) is 0 Å². The van der Waals surface area contributed by atoms with Crippen LogP contribution in [0.5, 0.6) is 5.75 Å². The number of esters is 1. The summed E-state index contributed by atoms with van der Waals surface area (Å²) in [5.74, 6) is 0.661. The van der Waals surface area contributed by atoms with Crippen molar-refractivity contribution < 1.29 is 23.9 Å². The number of amides is 2. The lowest BCUT2D eigenvalue weighted by Crippen LogP contribution is -2.56. The predicted molar refractivity (Wildman–Crippen MR) is 135 cm³/mol. The molecule has 0 unspecified atom stereocenters. The van der Waals surface area contributed by atoms with Crippen molar-refractivity contribution in [3.63, 3.8) is 0 Å². The van der Waals surface area contributed by atoms with Crippen LogP contribution in [0.1, 0.15) is 74.2 Å². The van der Waals surface area contributed by atoms with Crippen LogP contribution in [-0.4, -0.2) is 84.9 Å². The van der Waals surface area contributed by atoms with Gasteiger partial charge in [-0.2, -0.15) is 0 Å². The van der Waals surface area contributed by atoms with Crippen molar-refractivity contribution in [3.8, 4) is 5.75 Å². The monoisotopic (exact) mass is 497 g/mol. The quantitative estimate of drug-likeness (QED) is 0.539. The third kappa shape index (κ3) is 4.97. The Morgan fingerprint density at radius 1 is 1.14 bits per heavy atom. The van der Waals surface area contributed by atoms with Gasteiger partial charge >= 0.3 is 5.97 Å². The lowest BCUT2D eigenvalue weighted by Gasteiger charge is -2.39. The van der Waals surface area contributed by atoms with E-state index in [9.17, 15) is 14.4 Å². The molecule has 0 N–H and O–H groups in total. The highest BCUT2D eigenvalue weighted by molar-refractivity contribution is 5.95. The zero-order chi connectivity index (χ0) is 25.3. The van der Waals surface area contributed by atoms with E-state index < -0.39 is 5.60 Å². The van der Waals surface area contributed by atoms with Gasteiger partial charge in [-0.1, -0.05) is 19.4 Å². The van der Waals surface area contributed by atoms with Gasteiger partial charge in [0.2, 0.25) is 11.8 Å². The molecule has 36 heavy (non-hydrogen) atoms. The van der Waals surface area contributed by atoms with Gasteiger partial charge in [-0.3, -0.25) is 9.59 Å². The minimum Gasteiger partial charge on any atom is -0.487 e. The molecule has 1 aromatic rings. The molecule has 3 fully saturated rings. The van der Waals surface area contributed by atoms with Gasteiger partial charge in [0.15, 0.2) is 0 Å². The molecule has 0 aromatic heterocycles. The Hall–Kier alpha value is -2.61. The van der Waals surface area contributed by atoms with E-state index in [2.05, 4.69) is 4.90 Å². The van der Waals surface area contributed by atoms with E-state index in [1.165, 1.54) is 19.3 Å². The van der Waals surface area contributed by atoms with Crippen LogP contribution in [0.4, 0.5) is 0 Å². The summed E-state index contributed by atoms with van der Waals surface area (Å²) in [7, 11) is 1.92. The van der Waals surface area contributed by atoms with Crippen molar-refractivity contribution in [2.24, 2.45) is 5.92 Å². The van der Waals surface area contributed by atoms with E-state index in [1.807, 2.05) is 31.0 Å².